The first kappa shape index (κ1) is 21.6. The molecule has 31 heavy (non-hydrogen) atoms. The number of aromatic nitrogens is 2. The number of carbonyl (C=O) groups excluding carboxylic acids is 1. The predicted octanol–water partition coefficient (Wildman–Crippen LogP) is 2.27. The number of anilines is 1. The Labute approximate surface area is 184 Å². The highest BCUT2D eigenvalue weighted by Gasteiger charge is 2.30. The summed E-state index contributed by atoms with van der Waals surface area (Å²) in [5.41, 5.74) is 2.30. The van der Waals surface area contributed by atoms with Crippen molar-refractivity contribution in [2.75, 3.05) is 32.7 Å². The third kappa shape index (κ3) is 3.67. The zero-order valence-corrected chi connectivity index (χ0v) is 19.2. The van der Waals surface area contributed by atoms with Crippen LogP contribution in [0.25, 0.3) is 10.2 Å². The number of nitrogens with one attached hydrogen (secondary N) is 1. The molecule has 1 aliphatic heterocycles. The van der Waals surface area contributed by atoms with E-state index in [2.05, 4.69) is 14.7 Å². The van der Waals surface area contributed by atoms with E-state index in [1.165, 1.54) is 31.6 Å². The summed E-state index contributed by atoms with van der Waals surface area (Å²) < 4.78 is 37.1. The largest absolute Gasteiger partial charge is 0.480 e. The van der Waals surface area contributed by atoms with Crippen molar-refractivity contribution in [1.82, 2.24) is 14.7 Å². The second-order valence-electron chi connectivity index (χ2n) is 7.02. The van der Waals surface area contributed by atoms with E-state index in [1.54, 1.807) is 24.1 Å². The maximum atomic E-state index is 13.4. The van der Waals surface area contributed by atoms with Crippen molar-refractivity contribution in [3.05, 3.63) is 40.0 Å². The van der Waals surface area contributed by atoms with Crippen LogP contribution in [0.3, 0.4) is 0 Å². The first-order valence-corrected chi connectivity index (χ1v) is 11.8. The Morgan fingerprint density at radius 2 is 2.06 bits per heavy atom. The maximum absolute atomic E-state index is 13.4. The number of carbonyl (C=O) groups is 1. The summed E-state index contributed by atoms with van der Waals surface area (Å²) in [6.07, 6.45) is 0.583. The lowest BCUT2D eigenvalue weighted by Crippen LogP contribution is -2.28. The molecule has 0 saturated carbocycles. The first-order chi connectivity index (χ1) is 14.8. The van der Waals surface area contributed by atoms with E-state index in [0.717, 1.165) is 16.8 Å². The highest BCUT2D eigenvalue weighted by molar-refractivity contribution is 7.89. The van der Waals surface area contributed by atoms with Gasteiger partial charge in [0, 0.05) is 19.3 Å². The molecule has 4 rings (SSSR count). The third-order valence-corrected chi connectivity index (χ3v) is 7.82. The molecule has 11 heteroatoms. The first-order valence-electron chi connectivity index (χ1n) is 9.52. The molecule has 3 heterocycles. The molecule has 1 aliphatic rings. The topological polar surface area (TPSA) is 111 Å². The van der Waals surface area contributed by atoms with Crippen LogP contribution in [0.2, 0.25) is 0 Å². The van der Waals surface area contributed by atoms with Crippen molar-refractivity contribution < 1.29 is 22.7 Å². The Balaban J connectivity index is 1.74. The molecule has 0 unspecified atom stereocenters. The van der Waals surface area contributed by atoms with Crippen molar-refractivity contribution in [3.63, 3.8) is 0 Å². The minimum absolute atomic E-state index is 0.154. The SMILES string of the molecule is CNS(=O)(=O)c1ccc2c(c1)CCN2C(=O)c1sc2nc(COC)nc(OC)c2c1C. The molecule has 0 saturated heterocycles. The van der Waals surface area contributed by atoms with Crippen molar-refractivity contribution in [3.8, 4) is 5.88 Å². The number of aryl methyl sites for hydroxylation is 1. The molecular weight excluding hydrogens is 440 g/mol. The molecule has 1 N–H and O–H groups in total. The van der Waals surface area contributed by atoms with E-state index in [1.807, 2.05) is 6.92 Å². The normalized spacial score (nSPS) is 13.6. The fourth-order valence-electron chi connectivity index (χ4n) is 3.69. The predicted molar refractivity (Wildman–Crippen MR) is 117 cm³/mol. The summed E-state index contributed by atoms with van der Waals surface area (Å²) in [5.74, 6) is 0.740. The van der Waals surface area contributed by atoms with Crippen molar-refractivity contribution >= 4 is 43.2 Å². The number of nitrogens with zero attached hydrogens (tertiary/aromatic N) is 3. The van der Waals surface area contributed by atoms with Gasteiger partial charge in [0.25, 0.3) is 5.91 Å². The van der Waals surface area contributed by atoms with Gasteiger partial charge in [-0.1, -0.05) is 0 Å². The Morgan fingerprint density at radius 1 is 1.29 bits per heavy atom. The average molecular weight is 463 g/mol. The van der Waals surface area contributed by atoms with Gasteiger partial charge in [0.15, 0.2) is 5.82 Å². The summed E-state index contributed by atoms with van der Waals surface area (Å²) in [4.78, 5) is 25.4. The van der Waals surface area contributed by atoms with Gasteiger partial charge in [-0.25, -0.2) is 18.1 Å². The van der Waals surface area contributed by atoms with Gasteiger partial charge < -0.3 is 14.4 Å². The molecule has 0 radical (unpaired) electrons. The summed E-state index contributed by atoms with van der Waals surface area (Å²) in [7, 11) is 0.926. The Kier molecular flexibility index (Phi) is 5.69. The highest BCUT2D eigenvalue weighted by atomic mass is 32.2. The number of thiophene rings is 1. The number of hydrogen-bond acceptors (Lipinski definition) is 8. The Hall–Kier alpha value is -2.60. The molecule has 0 atom stereocenters. The number of hydrogen-bond donors (Lipinski definition) is 1. The lowest BCUT2D eigenvalue weighted by Gasteiger charge is -2.17. The van der Waals surface area contributed by atoms with Crippen LogP contribution >= 0.6 is 11.3 Å². The average Bonchev–Trinajstić information content (AvgIpc) is 3.33. The number of benzene rings is 1. The number of amides is 1. The van der Waals surface area contributed by atoms with Crippen molar-refractivity contribution in [2.45, 2.75) is 24.8 Å². The van der Waals surface area contributed by atoms with Crippen LogP contribution in [-0.2, 0) is 27.8 Å². The monoisotopic (exact) mass is 462 g/mol. The summed E-state index contributed by atoms with van der Waals surface area (Å²) in [6, 6.07) is 4.82. The van der Waals surface area contributed by atoms with E-state index in [-0.39, 0.29) is 17.4 Å². The third-order valence-electron chi connectivity index (χ3n) is 5.23. The molecule has 0 spiro atoms. The molecule has 0 fully saturated rings. The number of sulfonamides is 1. The van der Waals surface area contributed by atoms with Gasteiger partial charge in [-0.2, -0.15) is 4.98 Å². The van der Waals surface area contributed by atoms with Crippen LogP contribution in [0, 0.1) is 6.92 Å². The molecule has 9 nitrogen and oxygen atoms in total. The van der Waals surface area contributed by atoms with Crippen LogP contribution in [0.1, 0.15) is 26.6 Å². The second-order valence-corrected chi connectivity index (χ2v) is 9.91. The van der Waals surface area contributed by atoms with Gasteiger partial charge in [-0.05, 0) is 49.7 Å². The lowest BCUT2D eigenvalue weighted by molar-refractivity contribution is 0.0993. The van der Waals surface area contributed by atoms with E-state index in [9.17, 15) is 13.2 Å². The van der Waals surface area contributed by atoms with Crippen molar-refractivity contribution in [1.29, 1.82) is 0 Å². The second kappa shape index (κ2) is 8.15. The van der Waals surface area contributed by atoms with Gasteiger partial charge in [0.1, 0.15) is 11.4 Å². The van der Waals surface area contributed by atoms with Gasteiger partial charge in [-0.15, -0.1) is 11.3 Å². The van der Waals surface area contributed by atoms with Gasteiger partial charge in [-0.3, -0.25) is 4.79 Å². The maximum Gasteiger partial charge on any atom is 0.268 e. The fourth-order valence-corrected chi connectivity index (χ4v) is 5.61. The summed E-state index contributed by atoms with van der Waals surface area (Å²) >= 11 is 1.29. The fraction of sp³-hybridized carbons (Fsp3) is 0.350. The van der Waals surface area contributed by atoms with Crippen molar-refractivity contribution in [2.24, 2.45) is 0 Å². The number of methoxy groups -OCH3 is 2. The van der Waals surface area contributed by atoms with E-state index in [0.29, 0.717) is 39.8 Å². The Morgan fingerprint density at radius 3 is 2.74 bits per heavy atom. The molecule has 1 aromatic carbocycles. The zero-order valence-electron chi connectivity index (χ0n) is 17.6. The summed E-state index contributed by atoms with van der Waals surface area (Å²) in [5, 5.41) is 0.714. The standard InChI is InChI=1S/C20H22N4O5S2/c1-11-16-18(29-4)22-15(10-28-3)23-19(16)30-17(11)20(25)24-8-7-12-9-13(5-6-14(12)24)31(26,27)21-2/h5-6,9,21H,7-8,10H2,1-4H3. The van der Waals surface area contributed by atoms with E-state index in [4.69, 9.17) is 9.47 Å². The molecular formula is C20H22N4O5S2. The van der Waals surface area contributed by atoms with Crippen LogP contribution in [-0.4, -0.2) is 52.1 Å². The van der Waals surface area contributed by atoms with Gasteiger partial charge in [0.2, 0.25) is 15.9 Å². The minimum atomic E-state index is -3.54. The molecule has 3 aromatic rings. The number of fused-ring (bicyclic) bond motifs is 2. The molecule has 0 bridgehead atoms. The zero-order chi connectivity index (χ0) is 22.3. The van der Waals surface area contributed by atoms with E-state index < -0.39 is 10.0 Å². The molecule has 2 aromatic heterocycles. The molecule has 164 valence electrons. The van der Waals surface area contributed by atoms with Crippen LogP contribution in [0.15, 0.2) is 23.1 Å². The minimum Gasteiger partial charge on any atom is -0.480 e. The quantitative estimate of drug-likeness (QED) is 0.598. The lowest BCUT2D eigenvalue weighted by atomic mass is 10.1. The van der Waals surface area contributed by atoms with Crippen LogP contribution < -0.4 is 14.4 Å². The Bertz CT molecular complexity index is 1290. The highest BCUT2D eigenvalue weighted by Crippen LogP contribution is 2.38. The summed E-state index contributed by atoms with van der Waals surface area (Å²) in [6.45, 7) is 2.57. The van der Waals surface area contributed by atoms with Gasteiger partial charge >= 0.3 is 0 Å². The molecule has 1 amide bonds. The smallest absolute Gasteiger partial charge is 0.268 e. The van der Waals surface area contributed by atoms with E-state index >= 15 is 0 Å². The number of ether oxygens (including phenoxy) is 2. The van der Waals surface area contributed by atoms with Crippen LogP contribution in [0.5, 0.6) is 5.88 Å². The molecule has 0 aliphatic carbocycles. The van der Waals surface area contributed by atoms with Gasteiger partial charge in [0.05, 0.1) is 22.3 Å². The number of rotatable bonds is 6. The van der Waals surface area contributed by atoms with Crippen LogP contribution in [0.4, 0.5) is 5.69 Å².